The normalized spacial score (nSPS) is 27.4. The summed E-state index contributed by atoms with van der Waals surface area (Å²) in [4.78, 5) is 13.4. The number of hydrogen-bond donors (Lipinski definition) is 12. The lowest BCUT2D eigenvalue weighted by Gasteiger charge is -2.48. The highest BCUT2D eigenvalue weighted by Crippen LogP contribution is 2.33. The summed E-state index contributed by atoms with van der Waals surface area (Å²) in [5, 5.41) is 121. The van der Waals surface area contributed by atoms with Crippen LogP contribution in [-0.2, 0) is 33.2 Å². The molecule has 0 aromatic heterocycles. The van der Waals surface area contributed by atoms with Crippen molar-refractivity contribution in [2.24, 2.45) is 0 Å². The van der Waals surface area contributed by atoms with Gasteiger partial charge in [-0.25, -0.2) is 0 Å². The van der Waals surface area contributed by atoms with Gasteiger partial charge in [0, 0.05) is 6.42 Å². The van der Waals surface area contributed by atoms with Crippen molar-refractivity contribution in [2.75, 3.05) is 26.4 Å². The largest absolute Gasteiger partial charge is 0.394 e. The average molecular weight is 1360 g/mol. The lowest BCUT2D eigenvalue weighted by molar-refractivity contribution is -0.379. The van der Waals surface area contributed by atoms with Crippen LogP contribution in [0.4, 0.5) is 0 Å². The van der Waals surface area contributed by atoms with Crippen molar-refractivity contribution in [3.05, 3.63) is 36.5 Å². The van der Waals surface area contributed by atoms with Crippen molar-refractivity contribution in [2.45, 2.75) is 413 Å². The molecule has 0 aromatic rings. The highest BCUT2D eigenvalue weighted by molar-refractivity contribution is 5.76. The molecule has 17 atom stereocenters. The Hall–Kier alpha value is -1.99. The zero-order valence-electron chi connectivity index (χ0n) is 59.4. The van der Waals surface area contributed by atoms with Crippen LogP contribution in [0.25, 0.3) is 0 Å². The Morgan fingerprint density at radius 3 is 1.05 bits per heavy atom. The fourth-order valence-electron chi connectivity index (χ4n) is 13.1. The number of unbranched alkanes of at least 4 members (excludes halogenated alkanes) is 41. The van der Waals surface area contributed by atoms with Crippen LogP contribution in [0.1, 0.15) is 309 Å². The van der Waals surface area contributed by atoms with Crippen LogP contribution in [0.15, 0.2) is 36.5 Å². The molecule has 3 aliphatic rings. The molecule has 3 heterocycles. The van der Waals surface area contributed by atoms with Crippen LogP contribution in [0.2, 0.25) is 0 Å². The molecule has 0 aliphatic carbocycles. The van der Waals surface area contributed by atoms with E-state index in [0.717, 1.165) is 51.4 Å². The van der Waals surface area contributed by atoms with Gasteiger partial charge < -0.3 is 89.9 Å². The van der Waals surface area contributed by atoms with Gasteiger partial charge in [0.25, 0.3) is 0 Å². The van der Waals surface area contributed by atoms with Gasteiger partial charge in [0.1, 0.15) is 73.2 Å². The number of carbonyl (C=O) groups is 1. The molecule has 0 aromatic carbocycles. The Morgan fingerprint density at radius 2 is 0.674 bits per heavy atom. The molecule has 17 unspecified atom stereocenters. The van der Waals surface area contributed by atoms with E-state index in [9.17, 15) is 61.0 Å². The van der Waals surface area contributed by atoms with Crippen LogP contribution in [0, 0.1) is 0 Å². The van der Waals surface area contributed by atoms with E-state index >= 15 is 0 Å². The van der Waals surface area contributed by atoms with Crippen molar-refractivity contribution in [3.63, 3.8) is 0 Å². The maximum atomic E-state index is 13.4. The Bertz CT molecular complexity index is 1860. The molecule has 3 rings (SSSR count). The number of aliphatic hydroxyl groups is 11. The summed E-state index contributed by atoms with van der Waals surface area (Å²) >= 11 is 0. The van der Waals surface area contributed by atoms with Gasteiger partial charge in [0.2, 0.25) is 5.91 Å². The molecule has 95 heavy (non-hydrogen) atoms. The minimum Gasteiger partial charge on any atom is -0.394 e. The molecule has 12 N–H and O–H groups in total. The number of carbonyl (C=O) groups excluding carboxylic acids is 1. The Labute approximate surface area is 574 Å². The highest BCUT2D eigenvalue weighted by atomic mass is 16.8. The van der Waals surface area contributed by atoms with E-state index in [2.05, 4.69) is 43.5 Å². The van der Waals surface area contributed by atoms with Crippen molar-refractivity contribution in [1.82, 2.24) is 5.32 Å². The number of amides is 1. The first-order valence-electron chi connectivity index (χ1n) is 38.7. The van der Waals surface area contributed by atoms with Crippen LogP contribution < -0.4 is 5.32 Å². The number of rotatable bonds is 61. The van der Waals surface area contributed by atoms with Crippen LogP contribution in [0.5, 0.6) is 0 Å². The molecule has 19 nitrogen and oxygen atoms in total. The number of ether oxygens (including phenoxy) is 6. The van der Waals surface area contributed by atoms with E-state index in [1.165, 1.54) is 225 Å². The topological polar surface area (TPSA) is 307 Å². The molecule has 3 fully saturated rings. The zero-order valence-corrected chi connectivity index (χ0v) is 59.4. The van der Waals surface area contributed by atoms with Crippen LogP contribution in [-0.4, -0.2) is 193 Å². The molecule has 558 valence electrons. The van der Waals surface area contributed by atoms with E-state index in [-0.39, 0.29) is 18.9 Å². The minimum absolute atomic E-state index is 0.232. The SMILES string of the molecule is CCCCCCCCC/C=C\CCCCCCCCCC(=O)NC(COC1OC(CO)C(OC2OC(CO)C(OC3OC(CO)C(O)C(O)C3O)C(O)C2O)C(O)C1O)C(O)/C=C/CC/C=C/CCCCCCCCCCCCCCCCCCCCCCCCCCCC. The van der Waals surface area contributed by atoms with Crippen LogP contribution >= 0.6 is 0 Å². The summed E-state index contributed by atoms with van der Waals surface area (Å²) < 4.78 is 34.4. The maximum absolute atomic E-state index is 13.4. The quantitative estimate of drug-likeness (QED) is 0.0199. The second kappa shape index (κ2) is 57.6. The van der Waals surface area contributed by atoms with E-state index in [0.29, 0.717) is 12.8 Å². The van der Waals surface area contributed by atoms with Crippen molar-refractivity contribution in [3.8, 4) is 0 Å². The lowest BCUT2D eigenvalue weighted by Crippen LogP contribution is -2.66. The Balaban J connectivity index is 1.39. The second-order valence-corrected chi connectivity index (χ2v) is 27.8. The molecule has 0 saturated carbocycles. The van der Waals surface area contributed by atoms with Gasteiger partial charge in [-0.2, -0.15) is 0 Å². The number of hydrogen-bond acceptors (Lipinski definition) is 18. The third-order valence-electron chi connectivity index (χ3n) is 19.4. The molecular weight excluding hydrogens is 1210 g/mol. The lowest BCUT2D eigenvalue weighted by atomic mass is 9.96. The van der Waals surface area contributed by atoms with Gasteiger partial charge in [-0.15, -0.1) is 0 Å². The molecular formula is C76H141NO18. The molecule has 0 radical (unpaired) electrons. The van der Waals surface area contributed by atoms with Gasteiger partial charge in [-0.3, -0.25) is 4.79 Å². The van der Waals surface area contributed by atoms with Crippen LogP contribution in [0.3, 0.4) is 0 Å². The third kappa shape index (κ3) is 38.6. The summed E-state index contributed by atoms with van der Waals surface area (Å²) in [5.74, 6) is -0.287. The molecule has 19 heteroatoms. The highest BCUT2D eigenvalue weighted by Gasteiger charge is 2.53. The second-order valence-electron chi connectivity index (χ2n) is 27.8. The molecule has 1 amide bonds. The smallest absolute Gasteiger partial charge is 0.220 e. The molecule has 0 bridgehead atoms. The van der Waals surface area contributed by atoms with E-state index in [1.807, 2.05) is 6.08 Å². The number of allylic oxidation sites excluding steroid dienone is 5. The summed E-state index contributed by atoms with van der Waals surface area (Å²) in [5.41, 5.74) is 0. The predicted molar refractivity (Wildman–Crippen MR) is 374 cm³/mol. The Kier molecular flexibility index (Phi) is 52.9. The third-order valence-corrected chi connectivity index (χ3v) is 19.4. The van der Waals surface area contributed by atoms with Crippen molar-refractivity contribution >= 4 is 5.91 Å². The Morgan fingerprint density at radius 1 is 0.368 bits per heavy atom. The molecule has 3 saturated heterocycles. The number of aliphatic hydroxyl groups excluding tert-OH is 11. The van der Waals surface area contributed by atoms with Gasteiger partial charge in [-0.1, -0.05) is 281 Å². The van der Waals surface area contributed by atoms with Crippen molar-refractivity contribution in [1.29, 1.82) is 0 Å². The first kappa shape index (κ1) is 87.2. The first-order valence-corrected chi connectivity index (χ1v) is 38.7. The fourth-order valence-corrected chi connectivity index (χ4v) is 13.1. The van der Waals surface area contributed by atoms with Gasteiger partial charge >= 0.3 is 0 Å². The van der Waals surface area contributed by atoms with E-state index in [4.69, 9.17) is 28.4 Å². The molecule has 0 spiro atoms. The minimum atomic E-state index is -1.98. The summed E-state index contributed by atoms with van der Waals surface area (Å²) in [6.45, 7) is 1.75. The van der Waals surface area contributed by atoms with Gasteiger partial charge in [-0.05, 0) is 57.8 Å². The monoisotopic (exact) mass is 1360 g/mol. The average Bonchev–Trinajstić information content (AvgIpc) is 0.787. The predicted octanol–water partition coefficient (Wildman–Crippen LogP) is 11.9. The number of nitrogens with one attached hydrogen (secondary N) is 1. The summed E-state index contributed by atoms with van der Waals surface area (Å²) in [7, 11) is 0. The summed E-state index contributed by atoms with van der Waals surface area (Å²) in [6, 6.07) is -0.993. The van der Waals surface area contributed by atoms with Gasteiger partial charge in [0.05, 0.1) is 38.6 Å². The van der Waals surface area contributed by atoms with E-state index in [1.54, 1.807) is 6.08 Å². The van der Waals surface area contributed by atoms with Crippen molar-refractivity contribution < 1.29 is 89.4 Å². The van der Waals surface area contributed by atoms with E-state index < -0.39 is 124 Å². The standard InChI is InChI=1S/C76H141NO18/c1-3-5-7-9-11-13-15-17-19-21-23-24-25-26-27-28-29-30-31-32-33-34-35-36-37-39-41-43-45-47-49-51-53-60(81)59(77-64(82)54-52-50-48-46-44-42-40-38-22-20-18-16-14-12-10-8-6-4-2)58-90-74-70(88)67(85)72(62(56-79)92-74)95-76-71(89)68(86)73(63(57-80)93-76)94-75-69(87)66(84)65(83)61(55-78)91-75/h20,22,43,45,51,53,59-63,65-76,78-81,83-89H,3-19,21,23-42,44,46-50,52,54-58H2,1-2H3,(H,77,82)/b22-20-,45-43+,53-51+. The van der Waals surface area contributed by atoms with Gasteiger partial charge in [0.15, 0.2) is 18.9 Å². The first-order chi connectivity index (χ1) is 46.3. The summed E-state index contributed by atoms with van der Waals surface area (Å²) in [6.07, 6.45) is 42.9. The maximum Gasteiger partial charge on any atom is 0.220 e. The molecule has 3 aliphatic heterocycles. The fraction of sp³-hybridized carbons (Fsp3) is 0.908. The zero-order chi connectivity index (χ0) is 68.9.